The van der Waals surface area contributed by atoms with Crippen molar-refractivity contribution < 1.29 is 4.74 Å². The number of nitrogens with one attached hydrogen (secondary N) is 1. The second-order valence-electron chi connectivity index (χ2n) is 5.31. The van der Waals surface area contributed by atoms with Crippen LogP contribution < -0.4 is 10.1 Å². The van der Waals surface area contributed by atoms with Crippen molar-refractivity contribution in [2.75, 3.05) is 7.11 Å². The van der Waals surface area contributed by atoms with E-state index in [1.807, 2.05) is 0 Å². The molecule has 0 aromatic heterocycles. The van der Waals surface area contributed by atoms with Crippen molar-refractivity contribution >= 4 is 0 Å². The Morgan fingerprint density at radius 1 is 1.35 bits per heavy atom. The molecule has 1 aliphatic carbocycles. The molecule has 1 aliphatic rings. The van der Waals surface area contributed by atoms with Gasteiger partial charge in [-0.1, -0.05) is 24.6 Å². The second-order valence-corrected chi connectivity index (χ2v) is 5.31. The molecule has 2 atom stereocenters. The van der Waals surface area contributed by atoms with E-state index >= 15 is 0 Å². The Kier molecular flexibility index (Phi) is 4.06. The Hall–Kier alpha value is -1.02. The first-order valence-corrected chi connectivity index (χ1v) is 6.56. The molecule has 2 heteroatoms. The zero-order valence-corrected chi connectivity index (χ0v) is 11.1. The van der Waals surface area contributed by atoms with Crippen molar-refractivity contribution in [1.82, 2.24) is 5.32 Å². The van der Waals surface area contributed by atoms with Crippen LogP contribution in [0.25, 0.3) is 0 Å². The standard InChI is InChI=1S/C15H23NO/c1-11-5-7-15(17-3)13(8-11)10-16-14-6-4-12(2)9-14/h5,7-8,12,14,16H,4,6,9-10H2,1-3H3. The zero-order valence-electron chi connectivity index (χ0n) is 11.1. The van der Waals surface area contributed by atoms with Gasteiger partial charge in [0.15, 0.2) is 0 Å². The highest BCUT2D eigenvalue weighted by atomic mass is 16.5. The van der Waals surface area contributed by atoms with Crippen LogP contribution in [-0.4, -0.2) is 13.2 Å². The van der Waals surface area contributed by atoms with Crippen LogP contribution >= 0.6 is 0 Å². The number of methoxy groups -OCH3 is 1. The van der Waals surface area contributed by atoms with Gasteiger partial charge in [-0.05, 0) is 38.2 Å². The molecular formula is C15H23NO. The number of benzene rings is 1. The van der Waals surface area contributed by atoms with Crippen LogP contribution in [0.4, 0.5) is 0 Å². The summed E-state index contributed by atoms with van der Waals surface area (Å²) in [6.07, 6.45) is 3.99. The van der Waals surface area contributed by atoms with Crippen LogP contribution in [0.5, 0.6) is 5.75 Å². The SMILES string of the molecule is COc1ccc(C)cc1CNC1CCC(C)C1. The molecule has 0 saturated heterocycles. The second kappa shape index (κ2) is 5.54. The predicted octanol–water partition coefficient (Wildman–Crippen LogP) is 3.28. The molecule has 1 aromatic rings. The largest absolute Gasteiger partial charge is 0.496 e. The van der Waals surface area contributed by atoms with E-state index in [-0.39, 0.29) is 0 Å². The highest BCUT2D eigenvalue weighted by Gasteiger charge is 2.20. The molecule has 0 radical (unpaired) electrons. The van der Waals surface area contributed by atoms with E-state index < -0.39 is 0 Å². The summed E-state index contributed by atoms with van der Waals surface area (Å²) in [7, 11) is 1.74. The van der Waals surface area contributed by atoms with E-state index in [4.69, 9.17) is 4.74 Å². The smallest absolute Gasteiger partial charge is 0.123 e. The molecule has 0 amide bonds. The molecular weight excluding hydrogens is 210 g/mol. The van der Waals surface area contributed by atoms with Gasteiger partial charge >= 0.3 is 0 Å². The minimum Gasteiger partial charge on any atom is -0.496 e. The molecule has 2 unspecified atom stereocenters. The van der Waals surface area contributed by atoms with Gasteiger partial charge in [0.1, 0.15) is 5.75 Å². The lowest BCUT2D eigenvalue weighted by atomic mass is 10.1. The van der Waals surface area contributed by atoms with Gasteiger partial charge in [0.05, 0.1) is 7.11 Å². The molecule has 0 heterocycles. The highest BCUT2D eigenvalue weighted by Crippen LogP contribution is 2.26. The van der Waals surface area contributed by atoms with Crippen LogP contribution in [0, 0.1) is 12.8 Å². The minimum absolute atomic E-state index is 0.690. The van der Waals surface area contributed by atoms with Crippen molar-refractivity contribution in [3.63, 3.8) is 0 Å². The van der Waals surface area contributed by atoms with E-state index in [9.17, 15) is 0 Å². The number of hydrogen-bond acceptors (Lipinski definition) is 2. The van der Waals surface area contributed by atoms with Gasteiger partial charge in [-0.3, -0.25) is 0 Å². The quantitative estimate of drug-likeness (QED) is 0.861. The maximum Gasteiger partial charge on any atom is 0.123 e. The van der Waals surface area contributed by atoms with Gasteiger partial charge in [-0.25, -0.2) is 0 Å². The third kappa shape index (κ3) is 3.22. The van der Waals surface area contributed by atoms with Crippen molar-refractivity contribution in [3.05, 3.63) is 29.3 Å². The summed E-state index contributed by atoms with van der Waals surface area (Å²) in [6, 6.07) is 7.06. The van der Waals surface area contributed by atoms with E-state index in [1.54, 1.807) is 7.11 Å². The maximum absolute atomic E-state index is 5.40. The Morgan fingerprint density at radius 2 is 2.18 bits per heavy atom. The first-order valence-electron chi connectivity index (χ1n) is 6.56. The van der Waals surface area contributed by atoms with Crippen LogP contribution in [0.2, 0.25) is 0 Å². The first kappa shape index (κ1) is 12.4. The summed E-state index contributed by atoms with van der Waals surface area (Å²) in [5, 5.41) is 3.65. The summed E-state index contributed by atoms with van der Waals surface area (Å²) in [4.78, 5) is 0. The fourth-order valence-electron chi connectivity index (χ4n) is 2.69. The normalized spacial score (nSPS) is 23.9. The number of ether oxygens (including phenoxy) is 1. The average molecular weight is 233 g/mol. The van der Waals surface area contributed by atoms with Gasteiger partial charge in [0, 0.05) is 18.2 Å². The third-order valence-electron chi connectivity index (χ3n) is 3.71. The molecule has 0 aliphatic heterocycles. The monoisotopic (exact) mass is 233 g/mol. The summed E-state index contributed by atoms with van der Waals surface area (Å²) >= 11 is 0. The molecule has 2 rings (SSSR count). The molecule has 1 fully saturated rings. The summed E-state index contributed by atoms with van der Waals surface area (Å²) in [5.74, 6) is 1.88. The van der Waals surface area contributed by atoms with Crippen LogP contribution in [0.15, 0.2) is 18.2 Å². The maximum atomic E-state index is 5.40. The Morgan fingerprint density at radius 3 is 2.82 bits per heavy atom. The van der Waals surface area contributed by atoms with Crippen molar-refractivity contribution in [3.8, 4) is 5.75 Å². The summed E-state index contributed by atoms with van der Waals surface area (Å²) in [6.45, 7) is 5.39. The van der Waals surface area contributed by atoms with Crippen molar-refractivity contribution in [2.24, 2.45) is 5.92 Å². The predicted molar refractivity (Wildman–Crippen MR) is 71.4 cm³/mol. The fourth-order valence-corrected chi connectivity index (χ4v) is 2.69. The number of aryl methyl sites for hydroxylation is 1. The summed E-state index contributed by atoms with van der Waals surface area (Å²) in [5.41, 5.74) is 2.56. The van der Waals surface area contributed by atoms with Gasteiger partial charge in [0.2, 0.25) is 0 Å². The summed E-state index contributed by atoms with van der Waals surface area (Å²) < 4.78 is 5.40. The molecule has 1 aromatic carbocycles. The lowest BCUT2D eigenvalue weighted by Crippen LogP contribution is -2.26. The van der Waals surface area contributed by atoms with E-state index in [1.165, 1.54) is 30.4 Å². The lowest BCUT2D eigenvalue weighted by molar-refractivity contribution is 0.404. The number of hydrogen-bond donors (Lipinski definition) is 1. The van der Waals surface area contributed by atoms with Crippen LogP contribution in [0.3, 0.4) is 0 Å². The topological polar surface area (TPSA) is 21.3 Å². The van der Waals surface area contributed by atoms with Crippen molar-refractivity contribution in [1.29, 1.82) is 0 Å². The molecule has 1 saturated carbocycles. The molecule has 0 bridgehead atoms. The van der Waals surface area contributed by atoms with Crippen LogP contribution in [-0.2, 0) is 6.54 Å². The first-order chi connectivity index (χ1) is 8.19. The molecule has 1 N–H and O–H groups in total. The van der Waals surface area contributed by atoms with Gasteiger partial charge < -0.3 is 10.1 Å². The van der Waals surface area contributed by atoms with E-state index in [0.29, 0.717) is 6.04 Å². The fraction of sp³-hybridized carbons (Fsp3) is 0.600. The van der Waals surface area contributed by atoms with Gasteiger partial charge in [-0.15, -0.1) is 0 Å². The average Bonchev–Trinajstić information content (AvgIpc) is 2.73. The number of rotatable bonds is 4. The lowest BCUT2D eigenvalue weighted by Gasteiger charge is -2.15. The molecule has 94 valence electrons. The van der Waals surface area contributed by atoms with Crippen LogP contribution in [0.1, 0.15) is 37.3 Å². The molecule has 2 nitrogen and oxygen atoms in total. The highest BCUT2D eigenvalue weighted by molar-refractivity contribution is 5.36. The Balaban J connectivity index is 1.96. The van der Waals surface area contributed by atoms with Crippen molar-refractivity contribution in [2.45, 2.75) is 45.7 Å². The zero-order chi connectivity index (χ0) is 12.3. The third-order valence-corrected chi connectivity index (χ3v) is 3.71. The Bertz CT molecular complexity index is 375. The minimum atomic E-state index is 0.690. The van der Waals surface area contributed by atoms with Gasteiger partial charge in [0.25, 0.3) is 0 Å². The van der Waals surface area contributed by atoms with Gasteiger partial charge in [-0.2, -0.15) is 0 Å². The van der Waals surface area contributed by atoms with E-state index in [0.717, 1.165) is 18.2 Å². The van der Waals surface area contributed by atoms with E-state index in [2.05, 4.69) is 37.4 Å². The molecule has 0 spiro atoms. The Labute approximate surface area is 104 Å². The molecule has 17 heavy (non-hydrogen) atoms.